The molecule has 29 heavy (non-hydrogen) atoms. The summed E-state index contributed by atoms with van der Waals surface area (Å²) in [6.45, 7) is 1.05. The summed E-state index contributed by atoms with van der Waals surface area (Å²) in [6.07, 6.45) is 5.70. The van der Waals surface area contributed by atoms with Gasteiger partial charge in [-0.25, -0.2) is 4.98 Å². The SMILES string of the molecule is OC[C@@H]1CCCN1c1ccnc2c(-c3ccccc3Oc3ccccc3)cnn12. The molecule has 1 aliphatic heterocycles. The molecule has 2 aromatic carbocycles. The number of hydrogen-bond donors (Lipinski definition) is 1. The third-order valence-electron chi connectivity index (χ3n) is 5.41. The van der Waals surface area contributed by atoms with Gasteiger partial charge in [0.25, 0.3) is 0 Å². The summed E-state index contributed by atoms with van der Waals surface area (Å²) in [6, 6.07) is 19.8. The third kappa shape index (κ3) is 3.21. The van der Waals surface area contributed by atoms with Crippen molar-refractivity contribution in [3.63, 3.8) is 0 Å². The van der Waals surface area contributed by atoms with Crippen LogP contribution in [-0.4, -0.2) is 38.9 Å². The van der Waals surface area contributed by atoms with Crippen molar-refractivity contribution in [2.75, 3.05) is 18.1 Å². The number of ether oxygens (including phenoxy) is 1. The van der Waals surface area contributed by atoms with Crippen LogP contribution in [0.1, 0.15) is 12.8 Å². The van der Waals surface area contributed by atoms with E-state index in [4.69, 9.17) is 4.74 Å². The van der Waals surface area contributed by atoms with Gasteiger partial charge in [0, 0.05) is 18.3 Å². The van der Waals surface area contributed by atoms with Crippen LogP contribution in [0, 0.1) is 0 Å². The van der Waals surface area contributed by atoms with Crippen LogP contribution in [0.5, 0.6) is 11.5 Å². The molecule has 1 N–H and O–H groups in total. The summed E-state index contributed by atoms with van der Waals surface area (Å²) in [4.78, 5) is 6.82. The summed E-state index contributed by atoms with van der Waals surface area (Å²) in [5, 5.41) is 14.4. The van der Waals surface area contributed by atoms with Crippen molar-refractivity contribution in [2.24, 2.45) is 0 Å². The van der Waals surface area contributed by atoms with Gasteiger partial charge in [-0.05, 0) is 37.1 Å². The average Bonchev–Trinajstić information content (AvgIpc) is 3.42. The minimum atomic E-state index is 0.127. The summed E-state index contributed by atoms with van der Waals surface area (Å²) >= 11 is 0. The highest BCUT2D eigenvalue weighted by molar-refractivity contribution is 5.82. The van der Waals surface area contributed by atoms with Gasteiger partial charge in [-0.1, -0.05) is 36.4 Å². The standard InChI is InChI=1S/C23H22N4O2/c28-16-17-7-6-14-26(17)22-12-13-24-23-20(15-25-27(22)23)19-10-4-5-11-21(19)29-18-8-2-1-3-9-18/h1-5,8-13,15,17,28H,6-7,14,16H2/t17-/m0/s1. The lowest BCUT2D eigenvalue weighted by Gasteiger charge is -2.25. The van der Waals surface area contributed by atoms with Crippen molar-refractivity contribution in [1.82, 2.24) is 14.6 Å². The van der Waals surface area contributed by atoms with E-state index in [1.54, 1.807) is 0 Å². The van der Waals surface area contributed by atoms with Crippen LogP contribution in [0.4, 0.5) is 5.82 Å². The van der Waals surface area contributed by atoms with Crippen LogP contribution in [-0.2, 0) is 0 Å². The van der Waals surface area contributed by atoms with Gasteiger partial charge in [-0.3, -0.25) is 0 Å². The van der Waals surface area contributed by atoms with E-state index in [2.05, 4.69) is 15.0 Å². The molecule has 5 rings (SSSR count). The average molecular weight is 386 g/mol. The fraction of sp³-hybridized carbons (Fsp3) is 0.217. The van der Waals surface area contributed by atoms with Crippen LogP contribution >= 0.6 is 0 Å². The quantitative estimate of drug-likeness (QED) is 0.558. The fourth-order valence-electron chi connectivity index (χ4n) is 4.01. The Kier molecular flexibility index (Phi) is 4.62. The number of para-hydroxylation sites is 2. The molecule has 4 aromatic rings. The Bertz CT molecular complexity index is 1130. The molecule has 1 fully saturated rings. The summed E-state index contributed by atoms with van der Waals surface area (Å²) in [7, 11) is 0. The minimum absolute atomic E-state index is 0.127. The normalized spacial score (nSPS) is 16.4. The highest BCUT2D eigenvalue weighted by Gasteiger charge is 2.26. The first kappa shape index (κ1) is 17.7. The molecule has 1 saturated heterocycles. The van der Waals surface area contributed by atoms with Crippen molar-refractivity contribution in [3.05, 3.63) is 73.1 Å². The summed E-state index contributed by atoms with van der Waals surface area (Å²) in [5.41, 5.74) is 2.63. The molecule has 6 nitrogen and oxygen atoms in total. The van der Waals surface area contributed by atoms with E-state index in [0.717, 1.165) is 53.5 Å². The largest absolute Gasteiger partial charge is 0.457 e. The molecule has 1 atom stereocenters. The fourth-order valence-corrected chi connectivity index (χ4v) is 4.01. The zero-order chi connectivity index (χ0) is 19.6. The molecule has 0 aliphatic carbocycles. The lowest BCUT2D eigenvalue weighted by atomic mass is 10.1. The van der Waals surface area contributed by atoms with Crippen molar-refractivity contribution in [3.8, 4) is 22.6 Å². The van der Waals surface area contributed by atoms with E-state index in [1.165, 1.54) is 0 Å². The van der Waals surface area contributed by atoms with Crippen LogP contribution in [0.3, 0.4) is 0 Å². The molecule has 0 saturated carbocycles. The molecular formula is C23H22N4O2. The van der Waals surface area contributed by atoms with Gasteiger partial charge in [0.2, 0.25) is 0 Å². The number of rotatable bonds is 5. The third-order valence-corrected chi connectivity index (χ3v) is 5.41. The molecule has 6 heteroatoms. The van der Waals surface area contributed by atoms with E-state index in [1.807, 2.05) is 77.6 Å². The highest BCUT2D eigenvalue weighted by Crippen LogP contribution is 2.36. The number of hydrogen-bond acceptors (Lipinski definition) is 5. The van der Waals surface area contributed by atoms with E-state index < -0.39 is 0 Å². The molecule has 1 aliphatic rings. The Morgan fingerprint density at radius 2 is 1.83 bits per heavy atom. The number of aromatic nitrogens is 3. The number of anilines is 1. The van der Waals surface area contributed by atoms with Gasteiger partial charge in [0.05, 0.1) is 24.4 Å². The number of fused-ring (bicyclic) bond motifs is 1. The van der Waals surface area contributed by atoms with Crippen LogP contribution in [0.2, 0.25) is 0 Å². The van der Waals surface area contributed by atoms with Crippen molar-refractivity contribution < 1.29 is 9.84 Å². The second-order valence-corrected chi connectivity index (χ2v) is 7.18. The van der Waals surface area contributed by atoms with Gasteiger partial charge in [0.15, 0.2) is 5.65 Å². The predicted molar refractivity (Wildman–Crippen MR) is 112 cm³/mol. The number of benzene rings is 2. The first-order chi connectivity index (χ1) is 14.3. The van der Waals surface area contributed by atoms with Crippen LogP contribution < -0.4 is 9.64 Å². The maximum Gasteiger partial charge on any atom is 0.165 e. The monoisotopic (exact) mass is 386 g/mol. The number of aliphatic hydroxyl groups excluding tert-OH is 1. The van der Waals surface area contributed by atoms with Gasteiger partial charge >= 0.3 is 0 Å². The molecule has 0 bridgehead atoms. The topological polar surface area (TPSA) is 62.9 Å². The lowest BCUT2D eigenvalue weighted by Crippen LogP contribution is -2.33. The first-order valence-corrected chi connectivity index (χ1v) is 9.87. The number of nitrogens with zero attached hydrogens (tertiary/aromatic N) is 4. The molecule has 0 radical (unpaired) electrons. The first-order valence-electron chi connectivity index (χ1n) is 9.87. The van der Waals surface area contributed by atoms with E-state index in [9.17, 15) is 5.11 Å². The van der Waals surface area contributed by atoms with Crippen molar-refractivity contribution in [1.29, 1.82) is 0 Å². The minimum Gasteiger partial charge on any atom is -0.457 e. The Morgan fingerprint density at radius 3 is 2.69 bits per heavy atom. The molecule has 3 heterocycles. The van der Waals surface area contributed by atoms with E-state index in [-0.39, 0.29) is 12.6 Å². The second-order valence-electron chi connectivity index (χ2n) is 7.18. The lowest BCUT2D eigenvalue weighted by molar-refractivity contribution is 0.265. The number of aliphatic hydroxyl groups is 1. The molecular weight excluding hydrogens is 364 g/mol. The Morgan fingerprint density at radius 1 is 1.00 bits per heavy atom. The predicted octanol–water partition coefficient (Wildman–Crippen LogP) is 4.15. The molecule has 146 valence electrons. The Balaban J connectivity index is 1.58. The second kappa shape index (κ2) is 7.56. The van der Waals surface area contributed by atoms with Crippen molar-refractivity contribution >= 4 is 11.5 Å². The van der Waals surface area contributed by atoms with Gasteiger partial charge in [-0.15, -0.1) is 0 Å². The van der Waals surface area contributed by atoms with E-state index >= 15 is 0 Å². The summed E-state index contributed by atoms with van der Waals surface area (Å²) < 4.78 is 8.00. The molecule has 0 amide bonds. The van der Waals surface area contributed by atoms with Gasteiger partial charge < -0.3 is 14.7 Å². The highest BCUT2D eigenvalue weighted by atomic mass is 16.5. The van der Waals surface area contributed by atoms with E-state index in [0.29, 0.717) is 0 Å². The maximum absolute atomic E-state index is 9.73. The maximum atomic E-state index is 9.73. The van der Waals surface area contributed by atoms with Crippen molar-refractivity contribution in [2.45, 2.75) is 18.9 Å². The molecule has 0 unspecified atom stereocenters. The van der Waals surface area contributed by atoms with Crippen LogP contribution in [0.25, 0.3) is 16.8 Å². The molecule has 0 spiro atoms. The molecule has 2 aromatic heterocycles. The van der Waals surface area contributed by atoms with Gasteiger partial charge in [-0.2, -0.15) is 9.61 Å². The van der Waals surface area contributed by atoms with Gasteiger partial charge in [0.1, 0.15) is 17.3 Å². The Hall–Kier alpha value is -3.38. The Labute approximate surface area is 169 Å². The zero-order valence-corrected chi connectivity index (χ0v) is 16.0. The smallest absolute Gasteiger partial charge is 0.165 e. The summed E-state index contributed by atoms with van der Waals surface area (Å²) in [5.74, 6) is 2.50. The zero-order valence-electron chi connectivity index (χ0n) is 16.0. The van der Waals surface area contributed by atoms with Crippen LogP contribution in [0.15, 0.2) is 73.1 Å².